The first kappa shape index (κ1) is 13.8. The van der Waals surface area contributed by atoms with Crippen molar-refractivity contribution in [1.82, 2.24) is 4.90 Å². The summed E-state index contributed by atoms with van der Waals surface area (Å²) in [7, 11) is 1.75. The molecule has 5 heteroatoms. The Morgan fingerprint density at radius 3 is 2.50 bits per heavy atom. The Morgan fingerprint density at radius 2 is 2.00 bits per heavy atom. The van der Waals surface area contributed by atoms with Gasteiger partial charge in [-0.25, -0.2) is 0 Å². The molecular formula is C13H23NO4. The van der Waals surface area contributed by atoms with Gasteiger partial charge in [0.25, 0.3) is 0 Å². The highest BCUT2D eigenvalue weighted by Gasteiger charge is 2.42. The molecule has 2 saturated heterocycles. The first-order valence-corrected chi connectivity index (χ1v) is 6.72. The van der Waals surface area contributed by atoms with E-state index in [1.807, 2.05) is 0 Å². The molecule has 104 valence electrons. The van der Waals surface area contributed by atoms with Crippen molar-refractivity contribution >= 4 is 5.97 Å². The first-order valence-electron chi connectivity index (χ1n) is 6.72. The van der Waals surface area contributed by atoms with Gasteiger partial charge in [-0.3, -0.25) is 4.79 Å². The number of hydrogen-bond acceptors (Lipinski definition) is 4. The van der Waals surface area contributed by atoms with Crippen LogP contribution in [0, 0.1) is 5.41 Å². The standard InChI is InChI=1S/C13H23NO4/c1-17-11-2-6-14(7-3-11)10-13(12(15)16)4-8-18-9-5-13/h11H,2-10H2,1H3,(H,15,16). The average Bonchev–Trinajstić information content (AvgIpc) is 2.40. The molecule has 2 fully saturated rings. The predicted molar refractivity (Wildman–Crippen MR) is 66.6 cm³/mol. The molecular weight excluding hydrogens is 234 g/mol. The molecule has 0 saturated carbocycles. The van der Waals surface area contributed by atoms with Gasteiger partial charge < -0.3 is 19.5 Å². The van der Waals surface area contributed by atoms with Crippen LogP contribution >= 0.6 is 0 Å². The zero-order valence-corrected chi connectivity index (χ0v) is 11.1. The molecule has 2 aliphatic rings. The number of methoxy groups -OCH3 is 1. The van der Waals surface area contributed by atoms with Crippen LogP contribution in [0.5, 0.6) is 0 Å². The third kappa shape index (κ3) is 3.02. The van der Waals surface area contributed by atoms with E-state index in [0.717, 1.165) is 25.9 Å². The summed E-state index contributed by atoms with van der Waals surface area (Å²) in [5.41, 5.74) is -0.599. The molecule has 2 aliphatic heterocycles. The van der Waals surface area contributed by atoms with Crippen LogP contribution < -0.4 is 0 Å². The maximum absolute atomic E-state index is 11.6. The van der Waals surface area contributed by atoms with E-state index in [1.165, 1.54) is 0 Å². The molecule has 18 heavy (non-hydrogen) atoms. The smallest absolute Gasteiger partial charge is 0.311 e. The zero-order chi connectivity index (χ0) is 13.0. The molecule has 0 bridgehead atoms. The largest absolute Gasteiger partial charge is 0.481 e. The van der Waals surface area contributed by atoms with E-state index in [-0.39, 0.29) is 0 Å². The molecule has 2 heterocycles. The summed E-state index contributed by atoms with van der Waals surface area (Å²) in [5.74, 6) is -0.667. The zero-order valence-electron chi connectivity index (χ0n) is 11.1. The van der Waals surface area contributed by atoms with E-state index in [1.54, 1.807) is 7.11 Å². The Kier molecular flexibility index (Phi) is 4.59. The van der Waals surface area contributed by atoms with E-state index >= 15 is 0 Å². The van der Waals surface area contributed by atoms with Crippen molar-refractivity contribution in [1.29, 1.82) is 0 Å². The van der Waals surface area contributed by atoms with Crippen LogP contribution in [0.3, 0.4) is 0 Å². The number of nitrogens with zero attached hydrogens (tertiary/aromatic N) is 1. The number of likely N-dealkylation sites (tertiary alicyclic amines) is 1. The molecule has 0 radical (unpaired) electrons. The molecule has 0 aromatic heterocycles. The first-order chi connectivity index (χ1) is 8.66. The Balaban J connectivity index is 1.91. The number of ether oxygens (including phenoxy) is 2. The number of carboxylic acid groups (broad SMARTS) is 1. The number of hydrogen-bond donors (Lipinski definition) is 1. The van der Waals surface area contributed by atoms with Crippen LogP contribution in [-0.2, 0) is 14.3 Å². The predicted octanol–water partition coefficient (Wildman–Crippen LogP) is 0.979. The van der Waals surface area contributed by atoms with Crippen LogP contribution in [0.15, 0.2) is 0 Å². The molecule has 2 rings (SSSR count). The number of aliphatic carboxylic acids is 1. The molecule has 5 nitrogen and oxygen atoms in total. The van der Waals surface area contributed by atoms with Gasteiger partial charge in [0.2, 0.25) is 0 Å². The van der Waals surface area contributed by atoms with Crippen molar-refractivity contribution in [3.05, 3.63) is 0 Å². The molecule has 0 aromatic rings. The fourth-order valence-corrected chi connectivity index (χ4v) is 2.93. The fourth-order valence-electron chi connectivity index (χ4n) is 2.93. The van der Waals surface area contributed by atoms with Crippen LogP contribution in [0.2, 0.25) is 0 Å². The summed E-state index contributed by atoms with van der Waals surface area (Å²) in [4.78, 5) is 13.8. The summed E-state index contributed by atoms with van der Waals surface area (Å²) in [6.07, 6.45) is 3.61. The quantitative estimate of drug-likeness (QED) is 0.813. The van der Waals surface area contributed by atoms with Crippen molar-refractivity contribution < 1.29 is 19.4 Å². The summed E-state index contributed by atoms with van der Waals surface area (Å²) >= 11 is 0. The van der Waals surface area contributed by atoms with Gasteiger partial charge in [0.15, 0.2) is 0 Å². The Bertz CT molecular complexity index is 281. The lowest BCUT2D eigenvalue weighted by Gasteiger charge is -2.40. The normalized spacial score (nSPS) is 26.1. The second-order valence-corrected chi connectivity index (χ2v) is 5.41. The van der Waals surface area contributed by atoms with Gasteiger partial charge >= 0.3 is 5.97 Å². The molecule has 0 unspecified atom stereocenters. The topological polar surface area (TPSA) is 59.0 Å². The van der Waals surface area contributed by atoms with Gasteiger partial charge in [-0.2, -0.15) is 0 Å². The van der Waals surface area contributed by atoms with Gasteiger partial charge in [0, 0.05) is 40.0 Å². The molecule has 0 atom stereocenters. The van der Waals surface area contributed by atoms with Gasteiger partial charge in [0.1, 0.15) is 0 Å². The fraction of sp³-hybridized carbons (Fsp3) is 0.923. The van der Waals surface area contributed by atoms with Crippen LogP contribution in [0.4, 0.5) is 0 Å². The van der Waals surface area contributed by atoms with Crippen LogP contribution in [0.1, 0.15) is 25.7 Å². The summed E-state index contributed by atoms with van der Waals surface area (Å²) in [6, 6.07) is 0. The van der Waals surface area contributed by atoms with E-state index in [0.29, 0.717) is 38.7 Å². The SMILES string of the molecule is COC1CCN(CC2(C(=O)O)CCOCC2)CC1. The second kappa shape index (κ2) is 5.99. The van der Waals surface area contributed by atoms with Crippen molar-refractivity contribution in [3.63, 3.8) is 0 Å². The maximum atomic E-state index is 11.6. The van der Waals surface area contributed by atoms with Gasteiger partial charge in [0.05, 0.1) is 11.5 Å². The minimum absolute atomic E-state index is 0.344. The third-order valence-corrected chi connectivity index (χ3v) is 4.30. The van der Waals surface area contributed by atoms with E-state index in [2.05, 4.69) is 4.90 Å². The van der Waals surface area contributed by atoms with E-state index in [4.69, 9.17) is 9.47 Å². The Hall–Kier alpha value is -0.650. The lowest BCUT2D eigenvalue weighted by molar-refractivity contribution is -0.157. The molecule has 0 aliphatic carbocycles. The lowest BCUT2D eigenvalue weighted by Crippen LogP contribution is -2.49. The Labute approximate surface area is 108 Å². The number of rotatable bonds is 4. The molecule has 0 spiro atoms. The van der Waals surface area contributed by atoms with Crippen LogP contribution in [-0.4, -0.2) is 62.0 Å². The summed E-state index contributed by atoms with van der Waals surface area (Å²) in [6.45, 7) is 3.67. The number of carboxylic acids is 1. The van der Waals surface area contributed by atoms with E-state index in [9.17, 15) is 9.90 Å². The highest BCUT2D eigenvalue weighted by molar-refractivity contribution is 5.75. The Morgan fingerprint density at radius 1 is 1.39 bits per heavy atom. The highest BCUT2D eigenvalue weighted by atomic mass is 16.5. The molecule has 0 amide bonds. The van der Waals surface area contributed by atoms with E-state index < -0.39 is 11.4 Å². The summed E-state index contributed by atoms with van der Waals surface area (Å²) < 4.78 is 10.6. The van der Waals surface area contributed by atoms with Gasteiger partial charge in [-0.05, 0) is 25.7 Å². The van der Waals surface area contributed by atoms with Crippen molar-refractivity contribution in [2.24, 2.45) is 5.41 Å². The molecule has 0 aromatic carbocycles. The van der Waals surface area contributed by atoms with Crippen LogP contribution in [0.25, 0.3) is 0 Å². The molecule has 1 N–H and O–H groups in total. The monoisotopic (exact) mass is 257 g/mol. The third-order valence-electron chi connectivity index (χ3n) is 4.30. The lowest BCUT2D eigenvalue weighted by atomic mass is 9.79. The van der Waals surface area contributed by atoms with Gasteiger partial charge in [-0.1, -0.05) is 0 Å². The minimum atomic E-state index is -0.667. The average molecular weight is 257 g/mol. The number of piperidine rings is 1. The number of carbonyl (C=O) groups is 1. The second-order valence-electron chi connectivity index (χ2n) is 5.41. The maximum Gasteiger partial charge on any atom is 0.311 e. The van der Waals surface area contributed by atoms with Crippen molar-refractivity contribution in [2.75, 3.05) is 40.0 Å². The highest BCUT2D eigenvalue weighted by Crippen LogP contribution is 2.32. The van der Waals surface area contributed by atoms with Gasteiger partial charge in [-0.15, -0.1) is 0 Å². The van der Waals surface area contributed by atoms with Crippen molar-refractivity contribution in [2.45, 2.75) is 31.8 Å². The summed E-state index contributed by atoms with van der Waals surface area (Å²) in [5, 5.41) is 9.51. The minimum Gasteiger partial charge on any atom is -0.481 e. The van der Waals surface area contributed by atoms with Crippen molar-refractivity contribution in [3.8, 4) is 0 Å².